The first-order valence-corrected chi connectivity index (χ1v) is 10.2. The molecule has 2 unspecified atom stereocenters. The number of piperazine rings is 1. The van der Waals surface area contributed by atoms with Crippen molar-refractivity contribution in [3.05, 3.63) is 54.6 Å². The Balaban J connectivity index is 1.38. The molecule has 2 aromatic carbocycles. The zero-order valence-corrected chi connectivity index (χ0v) is 17.2. The molecule has 2 aromatic rings. The fourth-order valence-electron chi connectivity index (χ4n) is 4.01. The number of nitrogens with zero attached hydrogens (tertiary/aromatic N) is 3. The van der Waals surface area contributed by atoms with Crippen molar-refractivity contribution in [3.8, 4) is 16.9 Å². The highest BCUT2D eigenvalue weighted by Gasteiger charge is 2.48. The van der Waals surface area contributed by atoms with Crippen LogP contribution in [0.1, 0.15) is 13.8 Å². The van der Waals surface area contributed by atoms with Crippen LogP contribution in [0, 0.1) is 0 Å². The van der Waals surface area contributed by atoms with E-state index >= 15 is 0 Å². The van der Waals surface area contributed by atoms with Gasteiger partial charge in [-0.05, 0) is 37.1 Å². The van der Waals surface area contributed by atoms with Crippen LogP contribution >= 0.6 is 0 Å². The molecule has 0 bridgehead atoms. The van der Waals surface area contributed by atoms with E-state index in [-0.39, 0.29) is 24.4 Å². The van der Waals surface area contributed by atoms with Gasteiger partial charge < -0.3 is 14.5 Å². The van der Waals surface area contributed by atoms with E-state index in [9.17, 15) is 14.4 Å². The SMILES string of the molecule is CCN1C(=O)C2CN(C(=O)C(C)Oc3ccc(-c4ccccc4)cc3)CCN2C1=O. The summed E-state index contributed by atoms with van der Waals surface area (Å²) in [5.41, 5.74) is 2.19. The molecule has 4 amide bonds. The van der Waals surface area contributed by atoms with E-state index in [1.54, 1.807) is 23.6 Å². The van der Waals surface area contributed by atoms with E-state index in [2.05, 4.69) is 0 Å². The Morgan fingerprint density at radius 3 is 2.37 bits per heavy atom. The van der Waals surface area contributed by atoms with Crippen LogP contribution in [-0.4, -0.2) is 70.9 Å². The Kier molecular flexibility index (Phi) is 5.44. The first-order valence-electron chi connectivity index (χ1n) is 10.2. The van der Waals surface area contributed by atoms with E-state index < -0.39 is 12.1 Å². The number of ether oxygens (including phenoxy) is 1. The monoisotopic (exact) mass is 407 g/mol. The van der Waals surface area contributed by atoms with Crippen molar-refractivity contribution in [2.24, 2.45) is 0 Å². The van der Waals surface area contributed by atoms with Crippen molar-refractivity contribution in [2.45, 2.75) is 26.0 Å². The summed E-state index contributed by atoms with van der Waals surface area (Å²) in [5.74, 6) is 0.195. The minimum atomic E-state index is -0.686. The van der Waals surface area contributed by atoms with Gasteiger partial charge in [0.15, 0.2) is 6.10 Å². The van der Waals surface area contributed by atoms with E-state index in [0.717, 1.165) is 11.1 Å². The molecule has 156 valence electrons. The molecule has 2 aliphatic heterocycles. The van der Waals surface area contributed by atoms with Crippen LogP contribution in [0.4, 0.5) is 4.79 Å². The van der Waals surface area contributed by atoms with Crippen molar-refractivity contribution in [1.82, 2.24) is 14.7 Å². The highest BCUT2D eigenvalue weighted by Crippen LogP contribution is 2.24. The number of rotatable bonds is 5. The molecule has 30 heavy (non-hydrogen) atoms. The van der Waals surface area contributed by atoms with Gasteiger partial charge in [0.2, 0.25) is 0 Å². The van der Waals surface area contributed by atoms with Gasteiger partial charge in [-0.1, -0.05) is 42.5 Å². The second kappa shape index (κ2) is 8.18. The molecule has 2 aliphatic rings. The number of urea groups is 1. The van der Waals surface area contributed by atoms with E-state index in [4.69, 9.17) is 4.74 Å². The molecule has 2 heterocycles. The number of benzene rings is 2. The lowest BCUT2D eigenvalue weighted by molar-refractivity contribution is -0.141. The smallest absolute Gasteiger partial charge is 0.327 e. The first-order chi connectivity index (χ1) is 14.5. The summed E-state index contributed by atoms with van der Waals surface area (Å²) in [4.78, 5) is 42.0. The molecule has 2 fully saturated rings. The Labute approximate surface area is 175 Å². The normalized spacial score (nSPS) is 19.7. The second-order valence-corrected chi connectivity index (χ2v) is 7.51. The lowest BCUT2D eigenvalue weighted by atomic mass is 10.1. The summed E-state index contributed by atoms with van der Waals surface area (Å²) in [7, 11) is 0. The van der Waals surface area contributed by atoms with Gasteiger partial charge in [0.1, 0.15) is 11.8 Å². The molecule has 2 atom stereocenters. The van der Waals surface area contributed by atoms with Gasteiger partial charge in [0, 0.05) is 19.6 Å². The highest BCUT2D eigenvalue weighted by molar-refractivity contribution is 6.04. The van der Waals surface area contributed by atoms with Gasteiger partial charge in [-0.15, -0.1) is 0 Å². The molecule has 2 saturated heterocycles. The summed E-state index contributed by atoms with van der Waals surface area (Å²) in [5, 5.41) is 0. The summed E-state index contributed by atoms with van der Waals surface area (Å²) in [6.45, 7) is 4.79. The molecular weight excluding hydrogens is 382 g/mol. The Morgan fingerprint density at radius 1 is 1.03 bits per heavy atom. The summed E-state index contributed by atoms with van der Waals surface area (Å²) < 4.78 is 5.85. The van der Waals surface area contributed by atoms with Crippen LogP contribution in [0.2, 0.25) is 0 Å². The molecular formula is C23H25N3O4. The van der Waals surface area contributed by atoms with Crippen LogP contribution in [0.25, 0.3) is 11.1 Å². The molecule has 0 N–H and O–H groups in total. The number of likely N-dealkylation sites (N-methyl/N-ethyl adjacent to an activating group) is 1. The predicted octanol–water partition coefficient (Wildman–Crippen LogP) is 2.62. The van der Waals surface area contributed by atoms with Crippen molar-refractivity contribution in [1.29, 1.82) is 0 Å². The average molecular weight is 407 g/mol. The Hall–Kier alpha value is -3.35. The van der Waals surface area contributed by atoms with Gasteiger partial charge in [0.25, 0.3) is 11.8 Å². The molecule has 0 radical (unpaired) electrons. The third-order valence-electron chi connectivity index (χ3n) is 5.66. The van der Waals surface area contributed by atoms with Gasteiger partial charge in [-0.25, -0.2) is 4.79 Å². The minimum absolute atomic E-state index is 0.183. The zero-order valence-electron chi connectivity index (χ0n) is 17.2. The van der Waals surface area contributed by atoms with Crippen LogP contribution in [-0.2, 0) is 9.59 Å². The number of amides is 4. The number of carbonyl (C=O) groups is 3. The summed E-state index contributed by atoms with van der Waals surface area (Å²) in [6, 6.07) is 16.8. The zero-order chi connectivity index (χ0) is 21.3. The molecule has 0 aromatic heterocycles. The maximum Gasteiger partial charge on any atom is 0.327 e. The largest absolute Gasteiger partial charge is 0.481 e. The van der Waals surface area contributed by atoms with Crippen LogP contribution in [0.3, 0.4) is 0 Å². The minimum Gasteiger partial charge on any atom is -0.481 e. The topological polar surface area (TPSA) is 70.2 Å². The molecule has 7 heteroatoms. The van der Waals surface area contributed by atoms with Crippen molar-refractivity contribution < 1.29 is 19.1 Å². The average Bonchev–Trinajstić information content (AvgIpc) is 3.03. The predicted molar refractivity (Wildman–Crippen MR) is 112 cm³/mol. The fraction of sp³-hybridized carbons (Fsp3) is 0.348. The maximum absolute atomic E-state index is 12.9. The highest BCUT2D eigenvalue weighted by atomic mass is 16.5. The summed E-state index contributed by atoms with van der Waals surface area (Å²) >= 11 is 0. The quantitative estimate of drug-likeness (QED) is 0.715. The van der Waals surface area contributed by atoms with Crippen LogP contribution in [0.5, 0.6) is 5.75 Å². The number of carbonyl (C=O) groups excluding carboxylic acids is 3. The van der Waals surface area contributed by atoms with Gasteiger partial charge in [-0.3, -0.25) is 14.5 Å². The van der Waals surface area contributed by atoms with E-state index in [0.29, 0.717) is 25.4 Å². The molecule has 0 aliphatic carbocycles. The second-order valence-electron chi connectivity index (χ2n) is 7.51. The van der Waals surface area contributed by atoms with Gasteiger partial charge >= 0.3 is 6.03 Å². The number of hydrogen-bond acceptors (Lipinski definition) is 4. The molecule has 0 saturated carbocycles. The molecule has 4 rings (SSSR count). The van der Waals surface area contributed by atoms with Crippen molar-refractivity contribution in [3.63, 3.8) is 0 Å². The number of fused-ring (bicyclic) bond motifs is 1. The third-order valence-corrected chi connectivity index (χ3v) is 5.66. The number of imide groups is 1. The van der Waals surface area contributed by atoms with Crippen LogP contribution in [0.15, 0.2) is 54.6 Å². The maximum atomic E-state index is 12.9. The fourth-order valence-corrected chi connectivity index (χ4v) is 4.01. The third kappa shape index (κ3) is 3.63. The van der Waals surface area contributed by atoms with Gasteiger partial charge in [0.05, 0.1) is 6.54 Å². The van der Waals surface area contributed by atoms with E-state index in [1.165, 1.54) is 4.90 Å². The molecule has 7 nitrogen and oxygen atoms in total. The Morgan fingerprint density at radius 2 is 1.70 bits per heavy atom. The standard InChI is InChI=1S/C23H25N3O4/c1-3-25-22(28)20-15-24(13-14-26(20)23(25)29)21(27)16(2)30-19-11-9-18(10-12-19)17-7-5-4-6-8-17/h4-12,16,20H,3,13-15H2,1-2H3. The Bertz CT molecular complexity index is 945. The summed E-state index contributed by atoms with van der Waals surface area (Å²) in [6.07, 6.45) is -0.686. The van der Waals surface area contributed by atoms with Gasteiger partial charge in [-0.2, -0.15) is 0 Å². The lowest BCUT2D eigenvalue weighted by Crippen LogP contribution is -2.56. The van der Waals surface area contributed by atoms with Crippen molar-refractivity contribution >= 4 is 17.8 Å². The van der Waals surface area contributed by atoms with Crippen molar-refractivity contribution in [2.75, 3.05) is 26.2 Å². The number of hydrogen-bond donors (Lipinski definition) is 0. The molecule has 0 spiro atoms. The van der Waals surface area contributed by atoms with E-state index in [1.807, 2.05) is 54.6 Å². The lowest BCUT2D eigenvalue weighted by Gasteiger charge is -2.36. The van der Waals surface area contributed by atoms with Crippen LogP contribution < -0.4 is 4.74 Å². The first kappa shape index (κ1) is 19.9.